The third kappa shape index (κ3) is 3.08. The predicted molar refractivity (Wildman–Crippen MR) is 97.7 cm³/mol. The van der Waals surface area contributed by atoms with Gasteiger partial charge in [-0.05, 0) is 17.7 Å². The number of hydrogen-bond donors (Lipinski definition) is 1. The zero-order chi connectivity index (χ0) is 18.9. The van der Waals surface area contributed by atoms with Gasteiger partial charge < -0.3 is 4.74 Å². The predicted octanol–water partition coefficient (Wildman–Crippen LogP) is 1.78. The second-order valence-corrected chi connectivity index (χ2v) is 6.54. The molecule has 0 unspecified atom stereocenters. The topological polar surface area (TPSA) is 88.1 Å². The maximum absolute atomic E-state index is 12.9. The zero-order valence-electron chi connectivity index (χ0n) is 14.4. The lowest BCUT2D eigenvalue weighted by atomic mass is 9.93. The number of amides is 2. The third-order valence-electron chi connectivity index (χ3n) is 4.65. The average molecular weight is 363 g/mol. The van der Waals surface area contributed by atoms with Crippen LogP contribution in [0.3, 0.4) is 0 Å². The van der Waals surface area contributed by atoms with Crippen molar-refractivity contribution in [3.05, 3.63) is 66.2 Å². The lowest BCUT2D eigenvalue weighted by Gasteiger charge is -2.21. The highest BCUT2D eigenvalue weighted by Gasteiger charge is 2.56. The van der Waals surface area contributed by atoms with E-state index in [1.54, 1.807) is 24.3 Å². The molecule has 7 heteroatoms. The number of nitrogens with one attached hydrogen (secondary N) is 1. The number of carbonyl (C=O) groups is 3. The minimum Gasteiger partial charge on any atom is -0.456 e. The van der Waals surface area contributed by atoms with Crippen LogP contribution in [0.15, 0.2) is 65.8 Å². The Morgan fingerprint density at radius 1 is 1.04 bits per heavy atom. The van der Waals surface area contributed by atoms with E-state index in [4.69, 9.17) is 4.74 Å². The SMILES string of the molecule is O=C(OCc1ccccc1)C1=NN[C@]2(CC(=O)N(c3ccccc3)C2=O)C1. The van der Waals surface area contributed by atoms with Crippen LogP contribution in [0.25, 0.3) is 0 Å². The second-order valence-electron chi connectivity index (χ2n) is 6.54. The summed E-state index contributed by atoms with van der Waals surface area (Å²) in [5, 5.41) is 3.99. The van der Waals surface area contributed by atoms with E-state index in [2.05, 4.69) is 10.5 Å². The van der Waals surface area contributed by atoms with E-state index in [9.17, 15) is 14.4 Å². The maximum Gasteiger partial charge on any atom is 0.354 e. The van der Waals surface area contributed by atoms with Crippen molar-refractivity contribution in [1.82, 2.24) is 5.43 Å². The molecule has 0 aliphatic carbocycles. The molecule has 7 nitrogen and oxygen atoms in total. The monoisotopic (exact) mass is 363 g/mol. The number of imide groups is 1. The number of hydrogen-bond acceptors (Lipinski definition) is 6. The molecule has 1 fully saturated rings. The molecule has 0 aromatic heterocycles. The van der Waals surface area contributed by atoms with Gasteiger partial charge in [-0.1, -0.05) is 48.5 Å². The van der Waals surface area contributed by atoms with Crippen LogP contribution in [0.4, 0.5) is 5.69 Å². The first-order valence-electron chi connectivity index (χ1n) is 8.56. The molecule has 1 atom stereocenters. The highest BCUT2D eigenvalue weighted by atomic mass is 16.5. The molecule has 2 aliphatic rings. The van der Waals surface area contributed by atoms with Crippen molar-refractivity contribution in [2.24, 2.45) is 5.10 Å². The van der Waals surface area contributed by atoms with E-state index in [0.29, 0.717) is 5.69 Å². The Labute approximate surface area is 155 Å². The van der Waals surface area contributed by atoms with E-state index in [1.165, 1.54) is 0 Å². The lowest BCUT2D eigenvalue weighted by Crippen LogP contribution is -2.47. The van der Waals surface area contributed by atoms with Gasteiger partial charge in [0.2, 0.25) is 5.91 Å². The van der Waals surface area contributed by atoms with E-state index >= 15 is 0 Å². The zero-order valence-corrected chi connectivity index (χ0v) is 14.4. The summed E-state index contributed by atoms with van der Waals surface area (Å²) in [5.41, 5.74) is 2.98. The first-order valence-corrected chi connectivity index (χ1v) is 8.56. The van der Waals surface area contributed by atoms with Crippen molar-refractivity contribution in [3.63, 3.8) is 0 Å². The summed E-state index contributed by atoms with van der Waals surface area (Å²) in [5.74, 6) is -1.33. The molecule has 0 radical (unpaired) electrons. The normalized spacial score (nSPS) is 21.3. The fourth-order valence-electron chi connectivity index (χ4n) is 3.27. The number of ether oxygens (including phenoxy) is 1. The Morgan fingerprint density at radius 2 is 1.70 bits per heavy atom. The van der Waals surface area contributed by atoms with Crippen LogP contribution in [-0.2, 0) is 25.7 Å². The van der Waals surface area contributed by atoms with Gasteiger partial charge in [0, 0.05) is 6.42 Å². The van der Waals surface area contributed by atoms with Gasteiger partial charge in [-0.2, -0.15) is 5.10 Å². The quantitative estimate of drug-likeness (QED) is 0.661. The first-order chi connectivity index (χ1) is 13.1. The number of para-hydroxylation sites is 1. The first kappa shape index (κ1) is 17.0. The third-order valence-corrected chi connectivity index (χ3v) is 4.65. The van der Waals surface area contributed by atoms with E-state index in [0.717, 1.165) is 10.5 Å². The number of rotatable bonds is 4. The molecular weight excluding hydrogens is 346 g/mol. The Balaban J connectivity index is 1.44. The van der Waals surface area contributed by atoms with Crippen LogP contribution in [0.5, 0.6) is 0 Å². The largest absolute Gasteiger partial charge is 0.456 e. The summed E-state index contributed by atoms with van der Waals surface area (Å²) in [6.45, 7) is 0.120. The fraction of sp³-hybridized carbons (Fsp3) is 0.200. The van der Waals surface area contributed by atoms with Crippen LogP contribution in [0.2, 0.25) is 0 Å². The summed E-state index contributed by atoms with van der Waals surface area (Å²) >= 11 is 0. The number of hydrazone groups is 1. The summed E-state index contributed by atoms with van der Waals surface area (Å²) in [4.78, 5) is 38.8. The smallest absolute Gasteiger partial charge is 0.354 e. The summed E-state index contributed by atoms with van der Waals surface area (Å²) in [6, 6.07) is 18.0. The van der Waals surface area contributed by atoms with Crippen molar-refractivity contribution in [2.45, 2.75) is 25.0 Å². The molecule has 2 amide bonds. The fourth-order valence-corrected chi connectivity index (χ4v) is 3.27. The second kappa shape index (κ2) is 6.68. The molecule has 0 bridgehead atoms. The molecule has 2 heterocycles. The number of anilines is 1. The van der Waals surface area contributed by atoms with E-state index in [-0.39, 0.29) is 31.1 Å². The number of esters is 1. The van der Waals surface area contributed by atoms with Gasteiger partial charge in [0.05, 0.1) is 12.1 Å². The number of carbonyl (C=O) groups excluding carboxylic acids is 3. The van der Waals surface area contributed by atoms with Gasteiger partial charge in [0.25, 0.3) is 5.91 Å². The minimum absolute atomic E-state index is 0.0224. The number of benzene rings is 2. The molecule has 2 aromatic carbocycles. The molecule has 1 spiro atoms. The lowest BCUT2D eigenvalue weighted by molar-refractivity contribution is -0.136. The summed E-state index contributed by atoms with van der Waals surface area (Å²) in [6.07, 6.45) is -0.0335. The van der Waals surface area contributed by atoms with E-state index < -0.39 is 17.4 Å². The van der Waals surface area contributed by atoms with Crippen molar-refractivity contribution in [2.75, 3.05) is 4.90 Å². The Kier molecular flexibility index (Phi) is 4.19. The van der Waals surface area contributed by atoms with E-state index in [1.807, 2.05) is 36.4 Å². The highest BCUT2D eigenvalue weighted by Crippen LogP contribution is 2.34. The van der Waals surface area contributed by atoms with Gasteiger partial charge >= 0.3 is 5.97 Å². The van der Waals surface area contributed by atoms with Crippen LogP contribution < -0.4 is 10.3 Å². The van der Waals surface area contributed by atoms with Gasteiger partial charge in [-0.15, -0.1) is 0 Å². The van der Waals surface area contributed by atoms with Crippen LogP contribution in [-0.4, -0.2) is 29.0 Å². The molecule has 27 heavy (non-hydrogen) atoms. The molecule has 4 rings (SSSR count). The Hall–Kier alpha value is -3.48. The Bertz CT molecular complexity index is 927. The summed E-state index contributed by atoms with van der Waals surface area (Å²) < 4.78 is 5.27. The van der Waals surface area contributed by atoms with Crippen LogP contribution in [0, 0.1) is 0 Å². The van der Waals surface area contributed by atoms with Crippen molar-refractivity contribution in [3.8, 4) is 0 Å². The Morgan fingerprint density at radius 3 is 2.41 bits per heavy atom. The van der Waals surface area contributed by atoms with Gasteiger partial charge in [-0.25, -0.2) is 9.69 Å². The maximum atomic E-state index is 12.9. The molecule has 2 aliphatic heterocycles. The summed E-state index contributed by atoms with van der Waals surface area (Å²) in [7, 11) is 0. The van der Waals surface area contributed by atoms with Crippen LogP contribution >= 0.6 is 0 Å². The highest BCUT2D eigenvalue weighted by molar-refractivity contribution is 6.39. The molecular formula is C20H17N3O4. The minimum atomic E-state index is -1.21. The average Bonchev–Trinajstić information content (AvgIpc) is 3.23. The standard InChI is InChI=1S/C20H17N3O4/c24-17-12-20(19(26)23(17)15-9-5-2-6-10-15)11-16(21-22-20)18(25)27-13-14-7-3-1-4-8-14/h1-10,22H,11-13H2/t20-/m0/s1. The molecule has 0 saturated carbocycles. The molecule has 1 N–H and O–H groups in total. The van der Waals surface area contributed by atoms with Crippen molar-refractivity contribution in [1.29, 1.82) is 0 Å². The molecule has 136 valence electrons. The molecule has 2 aromatic rings. The van der Waals surface area contributed by atoms with Crippen molar-refractivity contribution >= 4 is 29.2 Å². The van der Waals surface area contributed by atoms with Gasteiger partial charge in [0.1, 0.15) is 17.9 Å². The van der Waals surface area contributed by atoms with Crippen LogP contribution in [0.1, 0.15) is 18.4 Å². The molecule has 1 saturated heterocycles. The van der Waals surface area contributed by atoms with Gasteiger partial charge in [-0.3, -0.25) is 15.0 Å². The number of nitrogens with zero attached hydrogens (tertiary/aromatic N) is 2. The van der Waals surface area contributed by atoms with Gasteiger partial charge in [0.15, 0.2) is 0 Å². The van der Waals surface area contributed by atoms with Crippen molar-refractivity contribution < 1.29 is 19.1 Å².